The molecule has 5 rings (SSSR count). The van der Waals surface area contributed by atoms with Crippen molar-refractivity contribution >= 4 is 29.9 Å². The number of carbonyl (C=O) groups is 1. The first-order chi connectivity index (χ1) is 14.6. The summed E-state index contributed by atoms with van der Waals surface area (Å²) in [5.74, 6) is -0.512. The Labute approximate surface area is 185 Å². The number of ether oxygens (including phenoxy) is 1. The normalized spacial score (nSPS) is 14.0. The molecular weight excluding hydrogens is 416 g/mol. The molecule has 3 aromatic rings. The smallest absolute Gasteiger partial charge is 0.414 e. The van der Waals surface area contributed by atoms with E-state index < -0.39 is 12.2 Å². The number of aliphatic hydroxyl groups is 2. The highest BCUT2D eigenvalue weighted by Gasteiger charge is 2.33. The summed E-state index contributed by atoms with van der Waals surface area (Å²) in [6.07, 6.45) is -0.986. The van der Waals surface area contributed by atoms with Crippen LogP contribution in [0, 0.1) is 0 Å². The van der Waals surface area contributed by atoms with Crippen molar-refractivity contribution in [3.05, 3.63) is 94.9 Å². The van der Waals surface area contributed by atoms with E-state index in [1.807, 2.05) is 48.5 Å². The molecule has 0 aromatic heterocycles. The molecule has 0 atom stereocenters. The van der Waals surface area contributed by atoms with Gasteiger partial charge in [0.2, 0.25) is 5.88 Å². The second kappa shape index (κ2) is 7.89. The molecule has 0 fully saturated rings. The lowest BCUT2D eigenvalue weighted by molar-refractivity contribution is 0.127. The third kappa shape index (κ3) is 3.25. The number of rotatable bonds is 2. The fraction of sp³-hybridized carbons (Fsp3) is 0.125. The van der Waals surface area contributed by atoms with E-state index in [9.17, 15) is 15.0 Å². The van der Waals surface area contributed by atoms with Crippen LogP contribution in [0.4, 0.5) is 10.5 Å². The zero-order chi connectivity index (χ0) is 20.8. The number of aliphatic hydroxyl groups excluding tert-OH is 2. The number of nitrogens with zero attached hydrogens (tertiary/aromatic N) is 1. The number of halogens is 1. The molecule has 0 bridgehead atoms. The molecule has 0 radical (unpaired) electrons. The molecule has 1 amide bonds. The lowest BCUT2D eigenvalue weighted by atomic mass is 10.0. The van der Waals surface area contributed by atoms with Crippen molar-refractivity contribution in [3.8, 4) is 11.1 Å². The quantitative estimate of drug-likeness (QED) is 0.508. The molecule has 158 valence electrons. The molecule has 2 aliphatic rings. The fourth-order valence-corrected chi connectivity index (χ4v) is 4.19. The van der Waals surface area contributed by atoms with E-state index in [1.54, 1.807) is 25.2 Å². The van der Waals surface area contributed by atoms with Gasteiger partial charge in [0, 0.05) is 35.8 Å². The standard InChI is InChI=1S/C24H20N2O4.ClH/c1-26(20-12-6-11-16-19(20)13-25-23(28)21(16)27)24(29)30-22-17-9-4-2-7-14(17)15-8-3-5-10-18(15)22;/h2-12,22,25,27-28H,13H2,1H3;1H. The van der Waals surface area contributed by atoms with Gasteiger partial charge in [-0.05, 0) is 17.2 Å². The average Bonchev–Trinajstić information content (AvgIpc) is 3.09. The molecule has 3 aromatic carbocycles. The van der Waals surface area contributed by atoms with Crippen LogP contribution in [0.2, 0.25) is 0 Å². The number of nitrogens with one attached hydrogen (secondary N) is 1. The van der Waals surface area contributed by atoms with Crippen LogP contribution < -0.4 is 10.2 Å². The van der Waals surface area contributed by atoms with Crippen molar-refractivity contribution in [2.45, 2.75) is 12.6 Å². The molecule has 1 aliphatic carbocycles. The summed E-state index contributed by atoms with van der Waals surface area (Å²) in [7, 11) is 1.64. The van der Waals surface area contributed by atoms with Crippen LogP contribution in [-0.4, -0.2) is 23.4 Å². The predicted molar refractivity (Wildman–Crippen MR) is 121 cm³/mol. The first-order valence-electron chi connectivity index (χ1n) is 9.67. The number of fused-ring (bicyclic) bond motifs is 4. The van der Waals surface area contributed by atoms with E-state index in [4.69, 9.17) is 4.74 Å². The van der Waals surface area contributed by atoms with Gasteiger partial charge in [0.05, 0.1) is 5.69 Å². The monoisotopic (exact) mass is 436 g/mol. The first-order valence-corrected chi connectivity index (χ1v) is 9.67. The molecular formula is C24H21ClN2O4. The van der Waals surface area contributed by atoms with E-state index in [0.717, 1.165) is 22.3 Å². The Morgan fingerprint density at radius 2 is 1.52 bits per heavy atom. The number of hydrogen-bond donors (Lipinski definition) is 3. The molecule has 0 saturated heterocycles. The summed E-state index contributed by atoms with van der Waals surface area (Å²) in [5, 5.41) is 22.6. The number of amides is 1. The zero-order valence-corrected chi connectivity index (χ0v) is 17.5. The van der Waals surface area contributed by atoms with Gasteiger partial charge in [-0.3, -0.25) is 4.90 Å². The SMILES string of the molecule is CN(C(=O)OC1c2ccccc2-c2ccccc21)c1cccc2c1CNC(O)=C2O.Cl. The summed E-state index contributed by atoms with van der Waals surface area (Å²) in [6, 6.07) is 21.1. The van der Waals surface area contributed by atoms with Crippen LogP contribution in [0.3, 0.4) is 0 Å². The molecule has 0 spiro atoms. The van der Waals surface area contributed by atoms with Crippen molar-refractivity contribution in [2.24, 2.45) is 0 Å². The Balaban J connectivity index is 0.00000231. The minimum Gasteiger partial charge on any atom is -0.503 e. The van der Waals surface area contributed by atoms with Gasteiger partial charge in [0.1, 0.15) is 0 Å². The summed E-state index contributed by atoms with van der Waals surface area (Å²) in [6.45, 7) is 0.286. The number of carbonyl (C=O) groups excluding carboxylic acids is 1. The van der Waals surface area contributed by atoms with Gasteiger partial charge in [-0.25, -0.2) is 4.79 Å². The van der Waals surface area contributed by atoms with E-state index in [0.29, 0.717) is 16.8 Å². The first kappa shape index (κ1) is 20.6. The van der Waals surface area contributed by atoms with Gasteiger partial charge in [0.15, 0.2) is 11.9 Å². The molecule has 1 aliphatic heterocycles. The van der Waals surface area contributed by atoms with Crippen LogP contribution in [0.25, 0.3) is 16.9 Å². The molecule has 6 nitrogen and oxygen atoms in total. The Bertz CT molecular complexity index is 1160. The average molecular weight is 437 g/mol. The van der Waals surface area contributed by atoms with Gasteiger partial charge in [-0.2, -0.15) is 0 Å². The van der Waals surface area contributed by atoms with E-state index >= 15 is 0 Å². The second-order valence-corrected chi connectivity index (χ2v) is 7.35. The summed E-state index contributed by atoms with van der Waals surface area (Å²) in [4.78, 5) is 14.5. The van der Waals surface area contributed by atoms with Crippen molar-refractivity contribution in [2.75, 3.05) is 11.9 Å². The fourth-order valence-electron chi connectivity index (χ4n) is 4.19. The molecule has 31 heavy (non-hydrogen) atoms. The van der Waals surface area contributed by atoms with Crippen LogP contribution in [0.5, 0.6) is 0 Å². The predicted octanol–water partition coefficient (Wildman–Crippen LogP) is 5.30. The second-order valence-electron chi connectivity index (χ2n) is 7.35. The molecule has 0 saturated carbocycles. The minimum absolute atomic E-state index is 0. The van der Waals surface area contributed by atoms with Gasteiger partial charge >= 0.3 is 6.09 Å². The third-order valence-electron chi connectivity index (χ3n) is 5.69. The van der Waals surface area contributed by atoms with Crippen LogP contribution in [-0.2, 0) is 11.3 Å². The maximum Gasteiger partial charge on any atom is 0.414 e. The van der Waals surface area contributed by atoms with E-state index in [-0.39, 0.29) is 30.6 Å². The highest BCUT2D eigenvalue weighted by Crippen LogP contribution is 2.45. The third-order valence-corrected chi connectivity index (χ3v) is 5.69. The minimum atomic E-state index is -0.502. The lowest BCUT2D eigenvalue weighted by Gasteiger charge is -2.26. The molecule has 0 unspecified atom stereocenters. The van der Waals surface area contributed by atoms with Gasteiger partial charge in [-0.1, -0.05) is 60.7 Å². The van der Waals surface area contributed by atoms with Gasteiger partial charge in [-0.15, -0.1) is 12.4 Å². The maximum absolute atomic E-state index is 13.1. The highest BCUT2D eigenvalue weighted by molar-refractivity contribution is 5.91. The Hall–Kier alpha value is -3.64. The Morgan fingerprint density at radius 1 is 0.935 bits per heavy atom. The van der Waals surface area contributed by atoms with Crippen molar-refractivity contribution in [3.63, 3.8) is 0 Å². The lowest BCUT2D eigenvalue weighted by Crippen LogP contribution is -2.31. The Morgan fingerprint density at radius 3 is 2.16 bits per heavy atom. The van der Waals surface area contributed by atoms with Gasteiger partial charge < -0.3 is 20.3 Å². The topological polar surface area (TPSA) is 82.0 Å². The van der Waals surface area contributed by atoms with Crippen LogP contribution >= 0.6 is 12.4 Å². The summed E-state index contributed by atoms with van der Waals surface area (Å²) < 4.78 is 5.96. The van der Waals surface area contributed by atoms with Crippen LogP contribution in [0.1, 0.15) is 28.4 Å². The molecule has 1 heterocycles. The van der Waals surface area contributed by atoms with Gasteiger partial charge in [0.25, 0.3) is 0 Å². The van der Waals surface area contributed by atoms with Crippen molar-refractivity contribution in [1.29, 1.82) is 0 Å². The number of anilines is 1. The molecule has 7 heteroatoms. The largest absolute Gasteiger partial charge is 0.503 e. The summed E-state index contributed by atoms with van der Waals surface area (Å²) in [5.41, 5.74) is 5.86. The maximum atomic E-state index is 13.1. The number of hydrogen-bond acceptors (Lipinski definition) is 5. The zero-order valence-electron chi connectivity index (χ0n) is 16.7. The van der Waals surface area contributed by atoms with Crippen molar-refractivity contribution in [1.82, 2.24) is 5.32 Å². The van der Waals surface area contributed by atoms with Crippen LogP contribution in [0.15, 0.2) is 72.6 Å². The molecule has 3 N–H and O–H groups in total. The Kier molecular flexibility index (Phi) is 5.25. The highest BCUT2D eigenvalue weighted by atomic mass is 35.5. The number of benzene rings is 3. The van der Waals surface area contributed by atoms with E-state index in [1.165, 1.54) is 4.90 Å². The summed E-state index contributed by atoms with van der Waals surface area (Å²) >= 11 is 0. The van der Waals surface area contributed by atoms with Crippen molar-refractivity contribution < 1.29 is 19.7 Å². The van der Waals surface area contributed by atoms with E-state index in [2.05, 4.69) is 5.32 Å².